The first-order valence-electron chi connectivity index (χ1n) is 6.40. The lowest BCUT2D eigenvalue weighted by molar-refractivity contribution is 0.476. The van der Waals surface area contributed by atoms with Gasteiger partial charge in [-0.15, -0.1) is 0 Å². The molecule has 0 aliphatic carbocycles. The van der Waals surface area contributed by atoms with Crippen LogP contribution < -0.4 is 8.91 Å². The molecular weight excluding hydrogens is 345 g/mol. The van der Waals surface area contributed by atoms with E-state index in [-0.39, 0.29) is 15.8 Å². The summed E-state index contributed by atoms with van der Waals surface area (Å²) >= 11 is 9.81. The van der Waals surface area contributed by atoms with Crippen molar-refractivity contribution in [3.63, 3.8) is 0 Å². The number of halogens is 2. The topological polar surface area (TPSA) is 58.6 Å². The van der Waals surface area contributed by atoms with Crippen molar-refractivity contribution in [3.05, 3.63) is 51.0 Å². The molecule has 0 saturated heterocycles. The third-order valence-electron chi connectivity index (χ3n) is 2.98. The lowest BCUT2D eigenvalue weighted by Gasteiger charge is -2.13. The van der Waals surface area contributed by atoms with Gasteiger partial charge < -0.3 is 9.29 Å². The Balaban J connectivity index is 2.18. The van der Waals surface area contributed by atoms with Gasteiger partial charge in [-0.25, -0.2) is 0 Å². The highest BCUT2D eigenvalue weighted by molar-refractivity contribution is 7.82. The van der Waals surface area contributed by atoms with E-state index in [1.165, 1.54) is 12.1 Å². The summed E-state index contributed by atoms with van der Waals surface area (Å²) < 4.78 is 20.2. The summed E-state index contributed by atoms with van der Waals surface area (Å²) in [4.78, 5) is 0. The summed E-state index contributed by atoms with van der Waals surface area (Å²) in [6, 6.07) is 6.74. The van der Waals surface area contributed by atoms with Crippen molar-refractivity contribution < 1.29 is 13.5 Å². The third kappa shape index (κ3) is 3.85. The second kappa shape index (κ2) is 6.77. The number of aryl methyl sites for hydroxylation is 3. The van der Waals surface area contributed by atoms with Gasteiger partial charge in [0.05, 0.1) is 15.7 Å². The average molecular weight is 360 g/mol. The normalized spacial score (nSPS) is 12.0. The Bertz CT molecular complexity index is 704. The first-order chi connectivity index (χ1) is 10.3. The van der Waals surface area contributed by atoms with E-state index in [0.717, 1.165) is 16.7 Å². The lowest BCUT2D eigenvalue weighted by atomic mass is 10.1. The largest absolute Gasteiger partial charge is 0.505 e. The molecule has 0 heterocycles. The minimum absolute atomic E-state index is 0.0645. The molecular formula is C15H15Cl2NO3S. The molecule has 0 radical (unpaired) electrons. The van der Waals surface area contributed by atoms with Gasteiger partial charge in [-0.3, -0.25) is 4.72 Å². The van der Waals surface area contributed by atoms with E-state index < -0.39 is 11.3 Å². The van der Waals surface area contributed by atoms with Crippen LogP contribution in [-0.2, 0) is 11.3 Å². The number of phenols is 1. The molecule has 2 N–H and O–H groups in total. The van der Waals surface area contributed by atoms with Gasteiger partial charge in [0.1, 0.15) is 5.75 Å². The molecule has 22 heavy (non-hydrogen) atoms. The maximum atomic E-state index is 12.1. The molecule has 0 bridgehead atoms. The monoisotopic (exact) mass is 359 g/mol. The van der Waals surface area contributed by atoms with Gasteiger partial charge in [0, 0.05) is 0 Å². The van der Waals surface area contributed by atoms with Crippen molar-refractivity contribution in [1.29, 1.82) is 0 Å². The highest BCUT2D eigenvalue weighted by Crippen LogP contribution is 2.35. The molecule has 0 fully saturated rings. The Hall–Kier alpha value is -1.43. The maximum absolute atomic E-state index is 12.1. The smallest absolute Gasteiger partial charge is 0.316 e. The molecule has 1 unspecified atom stereocenters. The van der Waals surface area contributed by atoms with Crippen LogP contribution >= 0.6 is 23.2 Å². The van der Waals surface area contributed by atoms with Crippen molar-refractivity contribution in [2.75, 3.05) is 4.72 Å². The number of rotatable bonds is 4. The second-order valence-corrected chi connectivity index (χ2v) is 6.59. The number of anilines is 1. The van der Waals surface area contributed by atoms with Crippen molar-refractivity contribution in [1.82, 2.24) is 0 Å². The number of benzene rings is 2. The summed E-state index contributed by atoms with van der Waals surface area (Å²) in [7, 11) is 0. The Morgan fingerprint density at radius 3 is 2.05 bits per heavy atom. The van der Waals surface area contributed by atoms with Gasteiger partial charge in [-0.2, -0.15) is 4.21 Å². The number of nitrogens with one attached hydrogen (secondary N) is 1. The van der Waals surface area contributed by atoms with E-state index in [1.54, 1.807) is 0 Å². The van der Waals surface area contributed by atoms with Crippen LogP contribution in [-0.4, -0.2) is 9.32 Å². The molecule has 2 aromatic rings. The standard InChI is InChI=1S/C15H15Cl2NO3S/c1-8-4-9(2)15(10(3)5-8)21-22(20)18-11-6-12(16)14(19)13(17)7-11/h4-7,18-19H,1-3H3. The second-order valence-electron chi connectivity index (χ2n) is 4.94. The SMILES string of the molecule is Cc1cc(C)c(OS(=O)Nc2cc(Cl)c(O)c(Cl)c2)c(C)c1. The van der Waals surface area contributed by atoms with Gasteiger partial charge in [0.25, 0.3) is 0 Å². The number of hydrogen-bond acceptors (Lipinski definition) is 3. The molecule has 4 nitrogen and oxygen atoms in total. The molecule has 2 rings (SSSR count). The molecule has 1 atom stereocenters. The Kier molecular flexibility index (Phi) is 5.21. The first-order valence-corrected chi connectivity index (χ1v) is 8.23. The van der Waals surface area contributed by atoms with Crippen LogP contribution in [0.15, 0.2) is 24.3 Å². The van der Waals surface area contributed by atoms with Crippen LogP contribution in [0.25, 0.3) is 0 Å². The summed E-state index contributed by atoms with van der Waals surface area (Å²) in [5.74, 6) is 0.346. The third-order valence-corrected chi connectivity index (χ3v) is 4.28. The fraction of sp³-hybridized carbons (Fsp3) is 0.200. The Morgan fingerprint density at radius 2 is 1.55 bits per heavy atom. The van der Waals surface area contributed by atoms with Crippen molar-refractivity contribution in [2.45, 2.75) is 20.8 Å². The highest BCUT2D eigenvalue weighted by Gasteiger charge is 2.12. The zero-order chi connectivity index (χ0) is 16.4. The molecule has 0 aromatic heterocycles. The molecule has 0 aliphatic heterocycles. The van der Waals surface area contributed by atoms with Crippen LogP contribution in [0.1, 0.15) is 16.7 Å². The van der Waals surface area contributed by atoms with Gasteiger partial charge in [0.2, 0.25) is 0 Å². The van der Waals surface area contributed by atoms with Crippen molar-refractivity contribution in [3.8, 4) is 11.5 Å². The molecule has 7 heteroatoms. The van der Waals surface area contributed by atoms with Crippen LogP contribution in [0.2, 0.25) is 10.0 Å². The predicted octanol–water partition coefficient (Wildman–Crippen LogP) is 4.69. The molecule has 0 amide bonds. The number of hydrogen-bond donors (Lipinski definition) is 2. The van der Waals surface area contributed by atoms with E-state index >= 15 is 0 Å². The van der Waals surface area contributed by atoms with Crippen LogP contribution in [0.4, 0.5) is 5.69 Å². The fourth-order valence-electron chi connectivity index (χ4n) is 2.12. The van der Waals surface area contributed by atoms with Crippen LogP contribution in [0.3, 0.4) is 0 Å². The van der Waals surface area contributed by atoms with Gasteiger partial charge in [0.15, 0.2) is 5.75 Å². The van der Waals surface area contributed by atoms with E-state index in [0.29, 0.717) is 11.4 Å². The summed E-state index contributed by atoms with van der Waals surface area (Å²) in [6.07, 6.45) is 0. The molecule has 118 valence electrons. The lowest BCUT2D eigenvalue weighted by Crippen LogP contribution is -2.12. The first kappa shape index (κ1) is 16.9. The molecule has 0 spiro atoms. The average Bonchev–Trinajstić information content (AvgIpc) is 2.40. The summed E-state index contributed by atoms with van der Waals surface area (Å²) in [6.45, 7) is 5.76. The zero-order valence-corrected chi connectivity index (χ0v) is 14.6. The van der Waals surface area contributed by atoms with E-state index in [9.17, 15) is 9.32 Å². The number of phenolic OH excluding ortho intramolecular Hbond substituents is 1. The number of aromatic hydroxyl groups is 1. The predicted molar refractivity (Wildman–Crippen MR) is 91.2 cm³/mol. The minimum atomic E-state index is -1.82. The zero-order valence-electron chi connectivity index (χ0n) is 12.2. The molecule has 0 aliphatic rings. The molecule has 0 saturated carbocycles. The summed E-state index contributed by atoms with van der Waals surface area (Å²) in [5.41, 5.74) is 3.29. The summed E-state index contributed by atoms with van der Waals surface area (Å²) in [5, 5.41) is 9.63. The van der Waals surface area contributed by atoms with Crippen molar-refractivity contribution in [2.24, 2.45) is 0 Å². The van der Waals surface area contributed by atoms with Crippen LogP contribution in [0, 0.1) is 20.8 Å². The van der Waals surface area contributed by atoms with Crippen molar-refractivity contribution >= 4 is 40.2 Å². The van der Waals surface area contributed by atoms with E-state index in [1.807, 2.05) is 32.9 Å². The van der Waals surface area contributed by atoms with Gasteiger partial charge in [-0.1, -0.05) is 40.9 Å². The quantitative estimate of drug-likeness (QED) is 0.778. The minimum Gasteiger partial charge on any atom is -0.505 e. The Labute approximate surface area is 141 Å². The van der Waals surface area contributed by atoms with E-state index in [4.69, 9.17) is 27.4 Å². The fourth-order valence-corrected chi connectivity index (χ4v) is 3.37. The molecule has 2 aromatic carbocycles. The van der Waals surface area contributed by atoms with Gasteiger partial charge in [-0.05, 0) is 44.0 Å². The van der Waals surface area contributed by atoms with Gasteiger partial charge >= 0.3 is 11.3 Å². The Morgan fingerprint density at radius 1 is 1.05 bits per heavy atom. The highest BCUT2D eigenvalue weighted by atomic mass is 35.5. The maximum Gasteiger partial charge on any atom is 0.316 e. The van der Waals surface area contributed by atoms with Crippen LogP contribution in [0.5, 0.6) is 11.5 Å². The van der Waals surface area contributed by atoms with E-state index in [2.05, 4.69) is 4.72 Å².